The van der Waals surface area contributed by atoms with Crippen LogP contribution in [0.1, 0.15) is 35.6 Å². The third kappa shape index (κ3) is 5.84. The summed E-state index contributed by atoms with van der Waals surface area (Å²) in [6, 6.07) is 18.9. The molecule has 2 heterocycles. The van der Waals surface area contributed by atoms with E-state index in [0.29, 0.717) is 55.7 Å². The number of halogens is 1. The lowest BCUT2D eigenvalue weighted by atomic mass is 9.85. The van der Waals surface area contributed by atoms with Gasteiger partial charge in [-0.05, 0) is 42.2 Å². The van der Waals surface area contributed by atoms with Crippen LogP contribution in [0.15, 0.2) is 66.9 Å². The smallest absolute Gasteiger partial charge is 0.212 e. The van der Waals surface area contributed by atoms with Gasteiger partial charge in [0.1, 0.15) is 12.4 Å². The first-order valence-electron chi connectivity index (χ1n) is 11.1. The molecule has 0 saturated carbocycles. The number of rotatable bonds is 8. The highest BCUT2D eigenvalue weighted by Gasteiger charge is 2.34. The Balaban J connectivity index is 1.31. The molecule has 3 aromatic rings. The van der Waals surface area contributed by atoms with Gasteiger partial charge in [0.25, 0.3) is 0 Å². The van der Waals surface area contributed by atoms with Crippen molar-refractivity contribution >= 4 is 11.6 Å². The summed E-state index contributed by atoms with van der Waals surface area (Å²) >= 11 is 6.41. The zero-order valence-corrected chi connectivity index (χ0v) is 19.4. The second-order valence-corrected chi connectivity index (χ2v) is 8.81. The summed E-state index contributed by atoms with van der Waals surface area (Å²) < 4.78 is 10.9. The van der Waals surface area contributed by atoms with Crippen LogP contribution in [0.2, 0.25) is 5.02 Å². The third-order valence-corrected chi connectivity index (χ3v) is 6.47. The standard InChI is InChI=1S/C26H29ClN2O4/c1-32-25-10-8-21(16-28-25)26(31)11-13-29(14-12-26)17-23(30)20-7-9-24(22(27)15-20)33-18-19-5-3-2-4-6-19/h2-10,15-16,23,30-31H,11-14,17-18H2,1H3. The zero-order valence-electron chi connectivity index (χ0n) is 18.7. The first-order chi connectivity index (χ1) is 16.0. The van der Waals surface area contributed by atoms with Crippen molar-refractivity contribution in [1.29, 1.82) is 0 Å². The Morgan fingerprint density at radius 1 is 1.09 bits per heavy atom. The lowest BCUT2D eigenvalue weighted by molar-refractivity contribution is -0.0347. The third-order valence-electron chi connectivity index (χ3n) is 6.18. The van der Waals surface area contributed by atoms with Crippen LogP contribution in [0, 0.1) is 0 Å². The molecule has 1 atom stereocenters. The zero-order chi connectivity index (χ0) is 23.3. The van der Waals surface area contributed by atoms with Gasteiger partial charge in [0.15, 0.2) is 0 Å². The largest absolute Gasteiger partial charge is 0.487 e. The molecule has 0 bridgehead atoms. The minimum Gasteiger partial charge on any atom is -0.487 e. The molecule has 174 valence electrons. The molecule has 2 N–H and O–H groups in total. The Hall–Kier alpha value is -2.64. The average molecular weight is 469 g/mol. The first-order valence-corrected chi connectivity index (χ1v) is 11.4. The lowest BCUT2D eigenvalue weighted by Gasteiger charge is -2.39. The summed E-state index contributed by atoms with van der Waals surface area (Å²) in [6.45, 7) is 2.25. The molecule has 2 aromatic carbocycles. The maximum absolute atomic E-state index is 11.1. The normalized spacial score (nSPS) is 16.8. The molecule has 0 spiro atoms. The van der Waals surface area contributed by atoms with Crippen molar-refractivity contribution in [1.82, 2.24) is 9.88 Å². The molecular weight excluding hydrogens is 440 g/mol. The number of piperidine rings is 1. The Morgan fingerprint density at radius 2 is 1.85 bits per heavy atom. The van der Waals surface area contributed by atoms with Gasteiger partial charge in [-0.3, -0.25) is 0 Å². The Labute approximate surface area is 199 Å². The average Bonchev–Trinajstić information content (AvgIpc) is 2.85. The van der Waals surface area contributed by atoms with Gasteiger partial charge in [-0.15, -0.1) is 0 Å². The molecule has 7 heteroatoms. The van der Waals surface area contributed by atoms with Crippen LogP contribution in [0.25, 0.3) is 0 Å². The van der Waals surface area contributed by atoms with E-state index >= 15 is 0 Å². The fourth-order valence-electron chi connectivity index (χ4n) is 4.10. The second kappa shape index (κ2) is 10.5. The van der Waals surface area contributed by atoms with Crippen molar-refractivity contribution in [2.24, 2.45) is 0 Å². The van der Waals surface area contributed by atoms with Crippen molar-refractivity contribution < 1.29 is 19.7 Å². The molecular formula is C26H29ClN2O4. The van der Waals surface area contributed by atoms with Gasteiger partial charge in [0.2, 0.25) is 5.88 Å². The van der Waals surface area contributed by atoms with Gasteiger partial charge >= 0.3 is 0 Å². The lowest BCUT2D eigenvalue weighted by Crippen LogP contribution is -2.44. The highest BCUT2D eigenvalue weighted by atomic mass is 35.5. The van der Waals surface area contributed by atoms with E-state index in [4.69, 9.17) is 21.1 Å². The van der Waals surface area contributed by atoms with Gasteiger partial charge in [-0.2, -0.15) is 0 Å². The van der Waals surface area contributed by atoms with Crippen LogP contribution in [-0.4, -0.2) is 46.8 Å². The highest BCUT2D eigenvalue weighted by Crippen LogP contribution is 2.34. The number of hydrogen-bond donors (Lipinski definition) is 2. The number of β-amino-alcohol motifs (C(OH)–C–C–N with tert-alkyl or cyclic N) is 1. The number of pyridine rings is 1. The molecule has 0 aliphatic carbocycles. The van der Waals surface area contributed by atoms with Crippen molar-refractivity contribution in [2.75, 3.05) is 26.7 Å². The molecule has 33 heavy (non-hydrogen) atoms. The van der Waals surface area contributed by atoms with Gasteiger partial charge in [0.05, 0.1) is 23.8 Å². The molecule has 1 aliphatic rings. The number of aliphatic hydroxyl groups is 2. The fraction of sp³-hybridized carbons (Fsp3) is 0.346. The minimum absolute atomic E-state index is 0.433. The summed E-state index contributed by atoms with van der Waals surface area (Å²) in [7, 11) is 1.57. The summed E-state index contributed by atoms with van der Waals surface area (Å²) in [6.07, 6.45) is 2.13. The van der Waals surface area contributed by atoms with Crippen LogP contribution >= 0.6 is 11.6 Å². The molecule has 1 saturated heterocycles. The van der Waals surface area contributed by atoms with Crippen LogP contribution < -0.4 is 9.47 Å². The van der Waals surface area contributed by atoms with Crippen molar-refractivity contribution in [3.05, 3.63) is 88.6 Å². The molecule has 1 aliphatic heterocycles. The van der Waals surface area contributed by atoms with E-state index in [1.165, 1.54) is 0 Å². The summed E-state index contributed by atoms with van der Waals surface area (Å²) in [4.78, 5) is 6.37. The molecule has 1 aromatic heterocycles. The monoisotopic (exact) mass is 468 g/mol. The van der Waals surface area contributed by atoms with E-state index in [1.54, 1.807) is 31.5 Å². The van der Waals surface area contributed by atoms with E-state index < -0.39 is 11.7 Å². The van der Waals surface area contributed by atoms with E-state index in [0.717, 1.165) is 16.7 Å². The number of benzene rings is 2. The van der Waals surface area contributed by atoms with Gasteiger partial charge in [0, 0.05) is 37.5 Å². The van der Waals surface area contributed by atoms with E-state index in [2.05, 4.69) is 9.88 Å². The maximum atomic E-state index is 11.1. The second-order valence-electron chi connectivity index (χ2n) is 8.40. The van der Waals surface area contributed by atoms with Crippen LogP contribution in [-0.2, 0) is 12.2 Å². The topological polar surface area (TPSA) is 75.1 Å². The van der Waals surface area contributed by atoms with Crippen molar-refractivity contribution in [3.63, 3.8) is 0 Å². The van der Waals surface area contributed by atoms with Crippen LogP contribution in [0.5, 0.6) is 11.6 Å². The SMILES string of the molecule is COc1ccc(C2(O)CCN(CC(O)c3ccc(OCc4ccccc4)c(Cl)c3)CC2)cn1. The molecule has 1 fully saturated rings. The van der Waals surface area contributed by atoms with E-state index in [1.807, 2.05) is 42.5 Å². The first kappa shape index (κ1) is 23.5. The van der Waals surface area contributed by atoms with Crippen molar-refractivity contribution in [3.8, 4) is 11.6 Å². The van der Waals surface area contributed by atoms with Gasteiger partial charge in [-0.25, -0.2) is 4.98 Å². The molecule has 4 rings (SSSR count). The molecule has 0 radical (unpaired) electrons. The molecule has 0 amide bonds. The minimum atomic E-state index is -0.915. The fourth-order valence-corrected chi connectivity index (χ4v) is 4.34. The number of aromatic nitrogens is 1. The number of aliphatic hydroxyl groups excluding tert-OH is 1. The summed E-state index contributed by atoms with van der Waals surface area (Å²) in [5, 5.41) is 22.3. The maximum Gasteiger partial charge on any atom is 0.212 e. The Morgan fingerprint density at radius 3 is 2.48 bits per heavy atom. The summed E-state index contributed by atoms with van der Waals surface area (Å²) in [5.41, 5.74) is 1.68. The Kier molecular flexibility index (Phi) is 7.50. The number of likely N-dealkylation sites (tertiary alicyclic amines) is 1. The van der Waals surface area contributed by atoms with E-state index in [9.17, 15) is 10.2 Å². The predicted molar refractivity (Wildman–Crippen MR) is 128 cm³/mol. The highest BCUT2D eigenvalue weighted by molar-refractivity contribution is 6.32. The van der Waals surface area contributed by atoms with Crippen LogP contribution in [0.4, 0.5) is 0 Å². The van der Waals surface area contributed by atoms with Gasteiger partial charge in [-0.1, -0.05) is 48.0 Å². The van der Waals surface area contributed by atoms with Crippen LogP contribution in [0.3, 0.4) is 0 Å². The van der Waals surface area contributed by atoms with Gasteiger partial charge < -0.3 is 24.6 Å². The number of ether oxygens (including phenoxy) is 2. The quantitative estimate of drug-likeness (QED) is 0.512. The van der Waals surface area contributed by atoms with Crippen molar-refractivity contribution in [2.45, 2.75) is 31.2 Å². The molecule has 1 unspecified atom stereocenters. The summed E-state index contributed by atoms with van der Waals surface area (Å²) in [5.74, 6) is 1.12. The van der Waals surface area contributed by atoms with E-state index in [-0.39, 0.29) is 0 Å². The Bertz CT molecular complexity index is 1040. The number of methoxy groups -OCH3 is 1. The predicted octanol–water partition coefficient (Wildman–Crippen LogP) is 4.34. The number of hydrogen-bond acceptors (Lipinski definition) is 6. The number of nitrogens with zero attached hydrogens (tertiary/aromatic N) is 2. The molecule has 6 nitrogen and oxygen atoms in total.